The minimum atomic E-state index is -1.27. The summed E-state index contributed by atoms with van der Waals surface area (Å²) in [5, 5.41) is 2.42. The molecule has 18 heavy (non-hydrogen) atoms. The zero-order chi connectivity index (χ0) is 13.3. The molecule has 0 saturated heterocycles. The average molecular weight is 339 g/mol. The Labute approximate surface area is 113 Å². The Morgan fingerprint density at radius 1 is 1.11 bits per heavy atom. The smallest absolute Gasteiger partial charge is 0.224 e. The van der Waals surface area contributed by atoms with Crippen LogP contribution >= 0.6 is 27.5 Å². The van der Waals surface area contributed by atoms with Crippen molar-refractivity contribution in [2.24, 2.45) is 0 Å². The Kier molecular flexibility index (Phi) is 3.72. The van der Waals surface area contributed by atoms with E-state index in [0.29, 0.717) is 16.6 Å². The summed E-state index contributed by atoms with van der Waals surface area (Å²) in [5.41, 5.74) is -0.260. The molecule has 0 aliphatic carbocycles. The summed E-state index contributed by atoms with van der Waals surface area (Å²) >= 11 is 8.68. The molecule has 0 unspecified atom stereocenters. The first kappa shape index (κ1) is 13.1. The number of benzene rings is 1. The molecule has 1 aromatic heterocycles. The Bertz CT molecular complexity index is 609. The number of hydrogen-bond donors (Lipinski definition) is 1. The van der Waals surface area contributed by atoms with Gasteiger partial charge >= 0.3 is 0 Å². The monoisotopic (exact) mass is 337 g/mol. The van der Waals surface area contributed by atoms with Crippen LogP contribution in [-0.4, -0.2) is 9.97 Å². The van der Waals surface area contributed by atoms with Gasteiger partial charge in [0.2, 0.25) is 5.28 Å². The normalized spacial score (nSPS) is 10.5. The van der Waals surface area contributed by atoms with E-state index in [1.165, 1.54) is 6.20 Å². The molecule has 1 aromatic carbocycles. The third-order valence-electron chi connectivity index (χ3n) is 1.98. The Morgan fingerprint density at radius 3 is 2.50 bits per heavy atom. The zero-order valence-electron chi connectivity index (χ0n) is 8.52. The number of nitrogens with zero attached hydrogens (tertiary/aromatic N) is 2. The largest absolute Gasteiger partial charge is 0.337 e. The van der Waals surface area contributed by atoms with Crippen molar-refractivity contribution >= 4 is 39.0 Å². The molecule has 0 saturated carbocycles. The van der Waals surface area contributed by atoms with Gasteiger partial charge in [0, 0.05) is 18.3 Å². The number of hydrogen-bond acceptors (Lipinski definition) is 3. The van der Waals surface area contributed by atoms with Gasteiger partial charge in [0.15, 0.2) is 11.6 Å². The Morgan fingerprint density at radius 2 is 1.78 bits per heavy atom. The van der Waals surface area contributed by atoms with Crippen molar-refractivity contribution in [3.8, 4) is 0 Å². The van der Waals surface area contributed by atoms with Crippen LogP contribution in [0.5, 0.6) is 0 Å². The third kappa shape index (κ3) is 2.73. The first-order valence-electron chi connectivity index (χ1n) is 4.57. The van der Waals surface area contributed by atoms with E-state index in [1.54, 1.807) is 0 Å². The zero-order valence-corrected chi connectivity index (χ0v) is 10.9. The molecular formula is C10H4BrClF3N3. The SMILES string of the molecule is Fc1cc(F)c(Nc2nc(Cl)ncc2Br)cc1F. The second-order valence-corrected chi connectivity index (χ2v) is 4.40. The Balaban J connectivity index is 2.40. The van der Waals surface area contributed by atoms with Gasteiger partial charge in [-0.1, -0.05) is 0 Å². The molecule has 0 atom stereocenters. The summed E-state index contributed by atoms with van der Waals surface area (Å²) in [7, 11) is 0. The minimum absolute atomic E-state index is 0.0660. The van der Waals surface area contributed by atoms with Crippen LogP contribution in [0, 0.1) is 17.5 Å². The van der Waals surface area contributed by atoms with Crippen LogP contribution in [0.3, 0.4) is 0 Å². The van der Waals surface area contributed by atoms with Gasteiger partial charge in [0.1, 0.15) is 11.6 Å². The van der Waals surface area contributed by atoms with Crippen molar-refractivity contribution in [2.45, 2.75) is 0 Å². The molecule has 1 N–H and O–H groups in total. The lowest BCUT2D eigenvalue weighted by Crippen LogP contribution is -2.00. The van der Waals surface area contributed by atoms with Gasteiger partial charge in [-0.2, -0.15) is 4.98 Å². The van der Waals surface area contributed by atoms with E-state index in [0.717, 1.165) is 0 Å². The van der Waals surface area contributed by atoms with Gasteiger partial charge in [-0.05, 0) is 27.5 Å². The quantitative estimate of drug-likeness (QED) is 0.663. The maximum Gasteiger partial charge on any atom is 0.224 e. The van der Waals surface area contributed by atoms with Crippen LogP contribution < -0.4 is 5.32 Å². The highest BCUT2D eigenvalue weighted by Crippen LogP contribution is 2.26. The molecule has 3 nitrogen and oxygen atoms in total. The topological polar surface area (TPSA) is 37.8 Å². The summed E-state index contributed by atoms with van der Waals surface area (Å²) < 4.78 is 39.5. The van der Waals surface area contributed by atoms with Gasteiger partial charge < -0.3 is 5.32 Å². The fourth-order valence-electron chi connectivity index (χ4n) is 1.18. The van der Waals surface area contributed by atoms with Crippen LogP contribution in [0.25, 0.3) is 0 Å². The highest BCUT2D eigenvalue weighted by atomic mass is 79.9. The van der Waals surface area contributed by atoms with Gasteiger partial charge in [0.25, 0.3) is 0 Å². The average Bonchev–Trinajstić information content (AvgIpc) is 2.30. The van der Waals surface area contributed by atoms with Crippen LogP contribution in [0.1, 0.15) is 0 Å². The van der Waals surface area contributed by atoms with Crippen molar-refractivity contribution in [3.63, 3.8) is 0 Å². The van der Waals surface area contributed by atoms with Crippen molar-refractivity contribution in [1.29, 1.82) is 0 Å². The van der Waals surface area contributed by atoms with Gasteiger partial charge in [-0.3, -0.25) is 0 Å². The van der Waals surface area contributed by atoms with E-state index in [-0.39, 0.29) is 16.8 Å². The molecule has 0 bridgehead atoms. The lowest BCUT2D eigenvalue weighted by atomic mass is 10.3. The van der Waals surface area contributed by atoms with Gasteiger partial charge in [-0.15, -0.1) is 0 Å². The van der Waals surface area contributed by atoms with Crippen LogP contribution in [0.4, 0.5) is 24.7 Å². The predicted molar refractivity (Wildman–Crippen MR) is 64.3 cm³/mol. The molecule has 0 amide bonds. The maximum absolute atomic E-state index is 13.4. The first-order chi connectivity index (χ1) is 8.47. The molecule has 8 heteroatoms. The summed E-state index contributed by atoms with van der Waals surface area (Å²) in [6.45, 7) is 0. The third-order valence-corrected chi connectivity index (χ3v) is 2.74. The molecule has 0 aliphatic rings. The van der Waals surface area contributed by atoms with Crippen molar-refractivity contribution in [1.82, 2.24) is 9.97 Å². The van der Waals surface area contributed by atoms with Crippen LogP contribution in [0.2, 0.25) is 5.28 Å². The number of aromatic nitrogens is 2. The van der Waals surface area contributed by atoms with Crippen LogP contribution in [0.15, 0.2) is 22.8 Å². The second-order valence-electron chi connectivity index (χ2n) is 3.21. The number of halogens is 5. The van der Waals surface area contributed by atoms with E-state index < -0.39 is 17.5 Å². The molecule has 0 spiro atoms. The van der Waals surface area contributed by atoms with Gasteiger partial charge in [0.05, 0.1) is 10.2 Å². The fourth-order valence-corrected chi connectivity index (χ4v) is 1.60. The Hall–Kier alpha value is -1.34. The van der Waals surface area contributed by atoms with E-state index in [2.05, 4.69) is 31.2 Å². The van der Waals surface area contributed by atoms with Crippen molar-refractivity contribution < 1.29 is 13.2 Å². The van der Waals surface area contributed by atoms with Crippen molar-refractivity contribution in [2.75, 3.05) is 5.32 Å². The highest BCUT2D eigenvalue weighted by molar-refractivity contribution is 9.10. The fraction of sp³-hybridized carbons (Fsp3) is 0. The standard InChI is InChI=1S/C10H4BrClF3N3/c11-4-3-16-10(12)18-9(4)17-8-2-6(14)5(13)1-7(8)15/h1-3H,(H,16,17,18). The summed E-state index contributed by atoms with van der Waals surface area (Å²) in [6, 6.07) is 1.13. The van der Waals surface area contributed by atoms with E-state index >= 15 is 0 Å². The second kappa shape index (κ2) is 5.11. The molecule has 0 aliphatic heterocycles. The molecule has 1 heterocycles. The lowest BCUT2D eigenvalue weighted by molar-refractivity contribution is 0.496. The lowest BCUT2D eigenvalue weighted by Gasteiger charge is -2.08. The first-order valence-corrected chi connectivity index (χ1v) is 5.74. The summed E-state index contributed by atoms with van der Waals surface area (Å²) in [5.74, 6) is -3.25. The molecule has 94 valence electrons. The van der Waals surface area contributed by atoms with E-state index in [4.69, 9.17) is 11.6 Å². The van der Waals surface area contributed by atoms with Crippen LogP contribution in [-0.2, 0) is 0 Å². The van der Waals surface area contributed by atoms with E-state index in [9.17, 15) is 13.2 Å². The number of anilines is 2. The number of nitrogens with one attached hydrogen (secondary N) is 1. The summed E-state index contributed by atoms with van der Waals surface area (Å²) in [6.07, 6.45) is 1.34. The predicted octanol–water partition coefficient (Wildman–Crippen LogP) is 4.05. The highest BCUT2D eigenvalue weighted by Gasteiger charge is 2.12. The molecule has 0 fully saturated rings. The number of rotatable bonds is 2. The minimum Gasteiger partial charge on any atom is -0.337 e. The molecule has 2 aromatic rings. The molecule has 0 radical (unpaired) electrons. The van der Waals surface area contributed by atoms with Gasteiger partial charge in [-0.25, -0.2) is 18.2 Å². The maximum atomic E-state index is 13.4. The molecule has 2 rings (SSSR count). The molecular weight excluding hydrogens is 334 g/mol. The van der Waals surface area contributed by atoms with E-state index in [1.807, 2.05) is 0 Å². The van der Waals surface area contributed by atoms with Crippen molar-refractivity contribution in [3.05, 3.63) is 45.5 Å². The summed E-state index contributed by atoms with van der Waals surface area (Å²) in [4.78, 5) is 7.45.